The monoisotopic (exact) mass is 482 g/mol. The van der Waals surface area contributed by atoms with Crippen molar-refractivity contribution >= 4 is 11.4 Å². The Morgan fingerprint density at radius 2 is 1.94 bits per heavy atom. The first-order chi connectivity index (χ1) is 17.1. The fourth-order valence-corrected chi connectivity index (χ4v) is 4.28. The third kappa shape index (κ3) is 7.71. The summed E-state index contributed by atoms with van der Waals surface area (Å²) < 4.78 is 16.4. The van der Waals surface area contributed by atoms with Crippen molar-refractivity contribution in [1.29, 1.82) is 0 Å². The van der Waals surface area contributed by atoms with Crippen molar-refractivity contribution in [3.8, 4) is 11.5 Å². The number of methoxy groups -OCH3 is 2. The molecule has 8 nitrogen and oxygen atoms in total. The van der Waals surface area contributed by atoms with Crippen LogP contribution in [0.4, 0.5) is 0 Å². The average molecular weight is 483 g/mol. The smallest absolute Gasteiger partial charge is 0.119 e. The van der Waals surface area contributed by atoms with E-state index in [1.165, 1.54) is 5.56 Å². The average Bonchev–Trinajstić information content (AvgIpc) is 2.88. The van der Waals surface area contributed by atoms with Gasteiger partial charge in [-0.2, -0.15) is 5.10 Å². The second-order valence-electron chi connectivity index (χ2n) is 8.67. The molecular formula is C27H38N4O4. The van der Waals surface area contributed by atoms with Crippen LogP contribution in [0.1, 0.15) is 36.0 Å². The van der Waals surface area contributed by atoms with E-state index in [4.69, 9.17) is 25.2 Å². The summed E-state index contributed by atoms with van der Waals surface area (Å²) in [4.78, 5) is 2.46. The number of hydrogen-bond acceptors (Lipinski definition) is 8. The minimum atomic E-state index is 0.142. The summed E-state index contributed by atoms with van der Waals surface area (Å²) in [5, 5.41) is 16.5. The molecule has 8 heteroatoms. The lowest BCUT2D eigenvalue weighted by Crippen LogP contribution is -2.41. The number of aliphatic hydroxyl groups excluding tert-OH is 1. The molecule has 0 spiro atoms. The Hall–Kier alpha value is -3.07. The van der Waals surface area contributed by atoms with Crippen LogP contribution in [0.5, 0.6) is 11.5 Å². The van der Waals surface area contributed by atoms with E-state index in [0.29, 0.717) is 31.4 Å². The van der Waals surface area contributed by atoms with E-state index < -0.39 is 0 Å². The molecule has 4 N–H and O–H groups in total. The van der Waals surface area contributed by atoms with Gasteiger partial charge in [-0.15, -0.1) is 0 Å². The third-order valence-electron chi connectivity index (χ3n) is 6.14. The Labute approximate surface area is 208 Å². The number of rotatable bonds is 13. The molecule has 35 heavy (non-hydrogen) atoms. The van der Waals surface area contributed by atoms with Crippen LogP contribution < -0.4 is 20.6 Å². The topological polar surface area (TPSA) is 102 Å². The lowest BCUT2D eigenvalue weighted by molar-refractivity contribution is 0.197. The third-order valence-corrected chi connectivity index (χ3v) is 6.14. The maximum Gasteiger partial charge on any atom is 0.119 e. The van der Waals surface area contributed by atoms with Crippen LogP contribution in [0.25, 0.3) is 5.70 Å². The van der Waals surface area contributed by atoms with Gasteiger partial charge in [0, 0.05) is 62.6 Å². The number of nitrogens with two attached hydrogens (primary N) is 1. The van der Waals surface area contributed by atoms with Crippen molar-refractivity contribution in [2.24, 2.45) is 10.9 Å². The van der Waals surface area contributed by atoms with Crippen molar-refractivity contribution in [1.82, 2.24) is 10.2 Å². The van der Waals surface area contributed by atoms with Gasteiger partial charge in [0.25, 0.3) is 0 Å². The number of aliphatic hydroxyl groups is 1. The molecule has 190 valence electrons. The molecule has 1 saturated heterocycles. The van der Waals surface area contributed by atoms with Crippen LogP contribution in [0.2, 0.25) is 0 Å². The van der Waals surface area contributed by atoms with E-state index in [-0.39, 0.29) is 6.61 Å². The first-order valence-electron chi connectivity index (χ1n) is 12.0. The molecule has 1 aliphatic rings. The van der Waals surface area contributed by atoms with Gasteiger partial charge in [0.2, 0.25) is 0 Å². The molecule has 2 aromatic carbocycles. The second kappa shape index (κ2) is 13.7. The molecule has 1 fully saturated rings. The molecular weight excluding hydrogens is 444 g/mol. The van der Waals surface area contributed by atoms with Crippen LogP contribution in [0.15, 0.2) is 54.1 Å². The van der Waals surface area contributed by atoms with Gasteiger partial charge in [0.1, 0.15) is 11.5 Å². The highest BCUT2D eigenvalue weighted by Crippen LogP contribution is 2.25. The molecule has 0 unspecified atom stereocenters. The zero-order chi connectivity index (χ0) is 25.0. The van der Waals surface area contributed by atoms with Crippen molar-refractivity contribution < 1.29 is 19.3 Å². The minimum absolute atomic E-state index is 0.142. The van der Waals surface area contributed by atoms with Crippen molar-refractivity contribution in [2.75, 3.05) is 47.1 Å². The van der Waals surface area contributed by atoms with Crippen LogP contribution in [-0.4, -0.2) is 68.9 Å². The normalized spacial score (nSPS) is 15.1. The number of likely N-dealkylation sites (tertiary alicyclic amines) is 1. The number of benzene rings is 2. The molecule has 1 heterocycles. The summed E-state index contributed by atoms with van der Waals surface area (Å²) in [6.07, 6.45) is 2.67. The van der Waals surface area contributed by atoms with Crippen molar-refractivity contribution in [3.05, 3.63) is 65.7 Å². The fourth-order valence-electron chi connectivity index (χ4n) is 4.28. The van der Waals surface area contributed by atoms with E-state index in [2.05, 4.69) is 34.0 Å². The van der Waals surface area contributed by atoms with E-state index in [1.54, 1.807) is 14.2 Å². The number of nitrogens with zero attached hydrogens (tertiary/aromatic N) is 2. The van der Waals surface area contributed by atoms with Crippen LogP contribution in [-0.2, 0) is 11.3 Å². The predicted molar refractivity (Wildman–Crippen MR) is 140 cm³/mol. The van der Waals surface area contributed by atoms with Gasteiger partial charge in [-0.25, -0.2) is 0 Å². The summed E-state index contributed by atoms with van der Waals surface area (Å²) in [6, 6.07) is 14.3. The number of nitrogens with one attached hydrogen (secondary N) is 1. The molecule has 0 radical (unpaired) electrons. The highest BCUT2D eigenvalue weighted by Gasteiger charge is 2.21. The molecule has 0 amide bonds. The molecule has 0 aromatic heterocycles. The second-order valence-corrected chi connectivity index (χ2v) is 8.67. The number of hydrogen-bond donors (Lipinski definition) is 3. The van der Waals surface area contributed by atoms with E-state index in [9.17, 15) is 0 Å². The van der Waals surface area contributed by atoms with Gasteiger partial charge >= 0.3 is 0 Å². The summed E-state index contributed by atoms with van der Waals surface area (Å²) in [5.41, 5.74) is 4.50. The van der Waals surface area contributed by atoms with Gasteiger partial charge in [-0.05, 0) is 48.7 Å². The zero-order valence-corrected chi connectivity index (χ0v) is 20.8. The molecule has 0 aliphatic carbocycles. The Kier molecular flexibility index (Phi) is 10.4. The van der Waals surface area contributed by atoms with E-state index >= 15 is 0 Å². The summed E-state index contributed by atoms with van der Waals surface area (Å²) in [7, 11) is 3.27. The zero-order valence-electron chi connectivity index (χ0n) is 20.8. The molecule has 0 bridgehead atoms. The Bertz CT molecular complexity index is 987. The first-order valence-corrected chi connectivity index (χ1v) is 12.0. The lowest BCUT2D eigenvalue weighted by atomic mass is 9.98. The highest BCUT2D eigenvalue weighted by molar-refractivity contribution is 6.05. The van der Waals surface area contributed by atoms with Crippen molar-refractivity contribution in [2.45, 2.75) is 31.8 Å². The van der Waals surface area contributed by atoms with Gasteiger partial charge in [-0.3, -0.25) is 4.90 Å². The minimum Gasteiger partial charge on any atom is -0.497 e. The first kappa shape index (κ1) is 26.5. The summed E-state index contributed by atoms with van der Waals surface area (Å²) in [5.74, 6) is 7.24. The fraction of sp³-hybridized carbons (Fsp3) is 0.444. The summed E-state index contributed by atoms with van der Waals surface area (Å²) >= 11 is 0. The van der Waals surface area contributed by atoms with Crippen molar-refractivity contribution in [3.63, 3.8) is 0 Å². The number of hydrazone groups is 1. The lowest BCUT2D eigenvalue weighted by Gasteiger charge is -2.33. The van der Waals surface area contributed by atoms with Gasteiger partial charge in [0.05, 0.1) is 26.0 Å². The Morgan fingerprint density at radius 3 is 2.63 bits per heavy atom. The Balaban J connectivity index is 1.58. The largest absolute Gasteiger partial charge is 0.497 e. The van der Waals surface area contributed by atoms with E-state index in [1.807, 2.05) is 30.3 Å². The maximum absolute atomic E-state index is 8.93. The molecule has 0 atom stereocenters. The Morgan fingerprint density at radius 1 is 1.14 bits per heavy atom. The van der Waals surface area contributed by atoms with Crippen LogP contribution >= 0.6 is 0 Å². The van der Waals surface area contributed by atoms with E-state index in [0.717, 1.165) is 60.8 Å². The number of piperidine rings is 1. The number of ether oxygens (including phenoxy) is 3. The molecule has 3 rings (SSSR count). The standard InChI is InChI=1S/C27H38N4O4/c1-20(26-17-23(34-3)8-9-25(26)27(30-28)19-33-2)29-22-10-12-31(13-11-22)18-21-6-4-7-24(16-21)35-15-5-14-32/h4,6-9,16-17,22,29,32H,1,5,10-15,18-19,28H2,2-3H3/b30-27-. The SMILES string of the molecule is C=C(NC1CCN(Cc2cccc(OCCCO)c2)CC1)c1cc(OC)ccc1/C(COC)=N\N. The molecule has 1 aliphatic heterocycles. The quantitative estimate of drug-likeness (QED) is 0.175. The van der Waals surface area contributed by atoms with Gasteiger partial charge in [0.15, 0.2) is 0 Å². The molecule has 0 saturated carbocycles. The molecule has 2 aromatic rings. The predicted octanol–water partition coefficient (Wildman–Crippen LogP) is 2.99. The van der Waals surface area contributed by atoms with Crippen LogP contribution in [0.3, 0.4) is 0 Å². The maximum atomic E-state index is 8.93. The van der Waals surface area contributed by atoms with Crippen LogP contribution in [0, 0.1) is 0 Å². The van der Waals surface area contributed by atoms with Gasteiger partial charge < -0.3 is 30.5 Å². The highest BCUT2D eigenvalue weighted by atomic mass is 16.5. The summed E-state index contributed by atoms with van der Waals surface area (Å²) in [6.45, 7) is 8.17. The van der Waals surface area contributed by atoms with Gasteiger partial charge in [-0.1, -0.05) is 18.7 Å².